The maximum atomic E-state index is 12.8. The van der Waals surface area contributed by atoms with Crippen molar-refractivity contribution in [2.45, 2.75) is 57.7 Å². The second-order valence-electron chi connectivity index (χ2n) is 8.40. The number of carboxylic acid groups (broad SMARTS) is 1. The molecule has 1 saturated carbocycles. The van der Waals surface area contributed by atoms with Crippen molar-refractivity contribution in [1.29, 1.82) is 0 Å². The summed E-state index contributed by atoms with van der Waals surface area (Å²) >= 11 is 0. The molecule has 2 aliphatic rings. The highest BCUT2D eigenvalue weighted by Gasteiger charge is 2.36. The van der Waals surface area contributed by atoms with Crippen LogP contribution in [0.3, 0.4) is 0 Å². The van der Waals surface area contributed by atoms with Crippen LogP contribution in [-0.4, -0.2) is 41.4 Å². The van der Waals surface area contributed by atoms with Crippen molar-refractivity contribution in [3.8, 4) is 5.75 Å². The second kappa shape index (κ2) is 7.37. The number of aromatic carboxylic acids is 1. The van der Waals surface area contributed by atoms with E-state index in [4.69, 9.17) is 10.5 Å². The van der Waals surface area contributed by atoms with Crippen LogP contribution in [0.1, 0.15) is 55.9 Å². The number of fused-ring (bicyclic) bond motifs is 1. The molecule has 156 valence electrons. The number of nitrogens with two attached hydrogens (primary N) is 1. The Balaban J connectivity index is 1.93. The van der Waals surface area contributed by atoms with E-state index in [1.54, 1.807) is 13.2 Å². The first-order chi connectivity index (χ1) is 13.9. The molecule has 0 radical (unpaired) electrons. The summed E-state index contributed by atoms with van der Waals surface area (Å²) in [5.74, 6) is -0.146. The van der Waals surface area contributed by atoms with Crippen LogP contribution in [-0.2, 0) is 0 Å². The fourth-order valence-corrected chi connectivity index (χ4v) is 4.64. The Morgan fingerprint density at radius 1 is 1.38 bits per heavy atom. The van der Waals surface area contributed by atoms with Crippen LogP contribution in [0.5, 0.6) is 5.75 Å². The summed E-state index contributed by atoms with van der Waals surface area (Å²) < 4.78 is 7.79. The highest BCUT2D eigenvalue weighted by atomic mass is 16.5. The number of hydrogen-bond donors (Lipinski definition) is 2. The van der Waals surface area contributed by atoms with Crippen molar-refractivity contribution >= 4 is 22.6 Å². The highest BCUT2D eigenvalue weighted by molar-refractivity contribution is 5.97. The third-order valence-electron chi connectivity index (χ3n) is 6.47. The van der Waals surface area contributed by atoms with Gasteiger partial charge in [-0.2, -0.15) is 0 Å². The van der Waals surface area contributed by atoms with E-state index in [2.05, 4.69) is 18.7 Å². The van der Waals surface area contributed by atoms with Gasteiger partial charge in [-0.15, -0.1) is 0 Å². The minimum absolute atomic E-state index is 0.114. The molecule has 0 amide bonds. The number of ether oxygens (including phenoxy) is 1. The van der Waals surface area contributed by atoms with Crippen LogP contribution in [0.2, 0.25) is 0 Å². The molecule has 1 aliphatic carbocycles. The van der Waals surface area contributed by atoms with Crippen molar-refractivity contribution in [1.82, 2.24) is 4.57 Å². The first kappa shape index (κ1) is 19.8. The van der Waals surface area contributed by atoms with Gasteiger partial charge >= 0.3 is 5.97 Å². The van der Waals surface area contributed by atoms with E-state index in [-0.39, 0.29) is 17.6 Å². The lowest BCUT2D eigenvalue weighted by molar-refractivity contribution is 0.0695. The smallest absolute Gasteiger partial charge is 0.341 e. The first-order valence-corrected chi connectivity index (χ1v) is 10.4. The van der Waals surface area contributed by atoms with Gasteiger partial charge in [0.15, 0.2) is 5.75 Å². The molecule has 2 aromatic rings. The minimum Gasteiger partial charge on any atom is -0.492 e. The molecule has 2 heterocycles. The second-order valence-corrected chi connectivity index (χ2v) is 8.40. The molecule has 3 N–H and O–H groups in total. The number of aromatic nitrogens is 1. The summed E-state index contributed by atoms with van der Waals surface area (Å²) in [5.41, 5.74) is 7.19. The summed E-state index contributed by atoms with van der Waals surface area (Å²) in [4.78, 5) is 26.8. The molecule has 7 nitrogen and oxygen atoms in total. The summed E-state index contributed by atoms with van der Waals surface area (Å²) in [6.07, 6.45) is 5.46. The van der Waals surface area contributed by atoms with Crippen molar-refractivity contribution < 1.29 is 14.6 Å². The molecule has 29 heavy (non-hydrogen) atoms. The van der Waals surface area contributed by atoms with Gasteiger partial charge in [-0.1, -0.05) is 6.92 Å². The molecular formula is C22H29N3O4. The Morgan fingerprint density at radius 3 is 2.66 bits per heavy atom. The van der Waals surface area contributed by atoms with Gasteiger partial charge in [0, 0.05) is 30.9 Å². The lowest BCUT2D eigenvalue weighted by Gasteiger charge is -2.29. The van der Waals surface area contributed by atoms with Gasteiger partial charge in [-0.3, -0.25) is 4.79 Å². The quantitative estimate of drug-likeness (QED) is 0.775. The zero-order chi connectivity index (χ0) is 20.9. The van der Waals surface area contributed by atoms with Gasteiger partial charge in [0.1, 0.15) is 5.56 Å². The Morgan fingerprint density at radius 2 is 2.10 bits per heavy atom. The van der Waals surface area contributed by atoms with Crippen molar-refractivity contribution in [2.24, 2.45) is 11.7 Å². The first-order valence-electron chi connectivity index (χ1n) is 10.4. The van der Waals surface area contributed by atoms with Gasteiger partial charge in [0.25, 0.3) is 0 Å². The number of hydrogen-bond acceptors (Lipinski definition) is 5. The number of anilines is 1. The average Bonchev–Trinajstić information content (AvgIpc) is 3.44. The number of carboxylic acids is 1. The van der Waals surface area contributed by atoms with E-state index >= 15 is 0 Å². The van der Waals surface area contributed by atoms with Crippen molar-refractivity contribution in [3.63, 3.8) is 0 Å². The van der Waals surface area contributed by atoms with Gasteiger partial charge < -0.3 is 25.0 Å². The number of benzene rings is 1. The van der Waals surface area contributed by atoms with Gasteiger partial charge in [-0.05, 0) is 50.7 Å². The summed E-state index contributed by atoms with van der Waals surface area (Å²) in [7, 11) is 1.62. The molecule has 0 spiro atoms. The molecule has 7 heteroatoms. The van der Waals surface area contributed by atoms with E-state index in [9.17, 15) is 14.7 Å². The van der Waals surface area contributed by atoms with Crippen LogP contribution in [0.4, 0.5) is 5.69 Å². The number of carbonyl (C=O) groups is 1. The predicted molar refractivity (Wildman–Crippen MR) is 113 cm³/mol. The standard InChI is InChI=1S/C22H29N3O4/c1-4-14-9-13(12(2)23)10-24(14)18-8-7-16-19(21(18)29-3)25(15-5-6-15)11-17(20(16)26)22(27)28/h7-8,11-15H,4-6,9-10,23H2,1-3H3,(H,27,28)/t12-,13?,14?/m0/s1. The maximum Gasteiger partial charge on any atom is 0.341 e. The normalized spacial score (nSPS) is 22.8. The fourth-order valence-electron chi connectivity index (χ4n) is 4.64. The summed E-state index contributed by atoms with van der Waals surface area (Å²) in [6.45, 7) is 5.07. The zero-order valence-electron chi connectivity index (χ0n) is 17.2. The number of rotatable bonds is 6. The lowest BCUT2D eigenvalue weighted by atomic mass is 9.98. The van der Waals surface area contributed by atoms with Crippen LogP contribution in [0.15, 0.2) is 23.1 Å². The summed E-state index contributed by atoms with van der Waals surface area (Å²) in [5, 5.41) is 9.89. The SMILES string of the molecule is CCC1CC([C@H](C)N)CN1c1ccc2c(=O)c(C(=O)O)cn(C3CC3)c2c1OC. The van der Waals surface area contributed by atoms with E-state index < -0.39 is 11.4 Å². The molecule has 2 unspecified atom stereocenters. The van der Waals surface area contributed by atoms with Gasteiger partial charge in [0.05, 0.1) is 23.7 Å². The van der Waals surface area contributed by atoms with E-state index in [0.717, 1.165) is 37.9 Å². The number of pyridine rings is 1. The molecule has 3 atom stereocenters. The van der Waals surface area contributed by atoms with E-state index in [1.807, 2.05) is 10.6 Å². The predicted octanol–water partition coefficient (Wildman–Crippen LogP) is 3.00. The average molecular weight is 399 g/mol. The number of methoxy groups -OCH3 is 1. The largest absolute Gasteiger partial charge is 0.492 e. The van der Waals surface area contributed by atoms with Crippen LogP contribution < -0.4 is 20.8 Å². The fraction of sp³-hybridized carbons (Fsp3) is 0.545. The molecule has 1 aliphatic heterocycles. The third kappa shape index (κ3) is 3.27. The Kier molecular flexibility index (Phi) is 5.02. The molecular weight excluding hydrogens is 370 g/mol. The van der Waals surface area contributed by atoms with E-state index in [0.29, 0.717) is 28.6 Å². The molecule has 2 fully saturated rings. The highest BCUT2D eigenvalue weighted by Crippen LogP contribution is 2.44. The Bertz CT molecular complexity index is 1010. The van der Waals surface area contributed by atoms with E-state index in [1.165, 1.54) is 6.20 Å². The van der Waals surface area contributed by atoms with Gasteiger partial charge in [-0.25, -0.2) is 4.79 Å². The summed E-state index contributed by atoms with van der Waals surface area (Å²) in [6, 6.07) is 4.34. The Hall–Kier alpha value is -2.54. The molecule has 1 aromatic carbocycles. The molecule has 4 rings (SSSR count). The number of nitrogens with zero attached hydrogens (tertiary/aromatic N) is 2. The van der Waals surface area contributed by atoms with Crippen molar-refractivity contribution in [2.75, 3.05) is 18.6 Å². The topological polar surface area (TPSA) is 97.8 Å². The zero-order valence-corrected chi connectivity index (χ0v) is 17.2. The molecule has 1 saturated heterocycles. The monoisotopic (exact) mass is 399 g/mol. The van der Waals surface area contributed by atoms with Crippen LogP contribution in [0, 0.1) is 5.92 Å². The van der Waals surface area contributed by atoms with Crippen LogP contribution >= 0.6 is 0 Å². The lowest BCUT2D eigenvalue weighted by Crippen LogP contribution is -2.31. The van der Waals surface area contributed by atoms with Crippen molar-refractivity contribution in [3.05, 3.63) is 34.1 Å². The molecule has 1 aromatic heterocycles. The third-order valence-corrected chi connectivity index (χ3v) is 6.47. The maximum absolute atomic E-state index is 12.8. The Labute approximate surface area is 170 Å². The van der Waals surface area contributed by atoms with Gasteiger partial charge in [0.2, 0.25) is 5.43 Å². The van der Waals surface area contributed by atoms with Crippen LogP contribution in [0.25, 0.3) is 10.9 Å². The molecule has 0 bridgehead atoms. The minimum atomic E-state index is -1.19.